The molecule has 5 heteroatoms. The van der Waals surface area contributed by atoms with Crippen molar-refractivity contribution < 1.29 is 19.1 Å². The van der Waals surface area contributed by atoms with Crippen LogP contribution in [0.3, 0.4) is 0 Å². The molecule has 1 rings (SSSR count). The Labute approximate surface area is 95.7 Å². The minimum atomic E-state index is -0.290. The molecule has 1 saturated heterocycles. The SMILES string of the molecule is COC(=O)C(C)CN(C)C(=O)C1CCOC1. The third kappa shape index (κ3) is 3.20. The van der Waals surface area contributed by atoms with E-state index in [2.05, 4.69) is 4.74 Å². The summed E-state index contributed by atoms with van der Waals surface area (Å²) >= 11 is 0. The zero-order valence-electron chi connectivity index (χ0n) is 10.1. The van der Waals surface area contributed by atoms with Crippen molar-refractivity contribution in [3.05, 3.63) is 0 Å². The summed E-state index contributed by atoms with van der Waals surface area (Å²) in [6.45, 7) is 3.29. The standard InChI is InChI=1S/C11H19NO4/c1-8(11(14)15-3)6-12(2)10(13)9-4-5-16-7-9/h8-9H,4-7H2,1-3H3. The molecule has 0 bridgehead atoms. The molecular formula is C11H19NO4. The van der Waals surface area contributed by atoms with E-state index in [4.69, 9.17) is 4.74 Å². The predicted molar refractivity (Wildman–Crippen MR) is 57.7 cm³/mol. The first kappa shape index (κ1) is 13.0. The van der Waals surface area contributed by atoms with Gasteiger partial charge in [-0.1, -0.05) is 6.92 Å². The summed E-state index contributed by atoms with van der Waals surface area (Å²) in [6, 6.07) is 0. The van der Waals surface area contributed by atoms with Gasteiger partial charge in [0.1, 0.15) is 0 Å². The Bertz CT molecular complexity index is 261. The predicted octanol–water partition coefficient (Wildman–Crippen LogP) is 0.290. The molecule has 1 fully saturated rings. The Hall–Kier alpha value is -1.10. The van der Waals surface area contributed by atoms with Gasteiger partial charge in [-0.2, -0.15) is 0 Å². The fourth-order valence-electron chi connectivity index (χ4n) is 1.82. The van der Waals surface area contributed by atoms with Gasteiger partial charge in [0.15, 0.2) is 0 Å². The summed E-state index contributed by atoms with van der Waals surface area (Å²) in [6.07, 6.45) is 0.774. The summed E-state index contributed by atoms with van der Waals surface area (Å²) in [4.78, 5) is 24.7. The summed E-state index contributed by atoms with van der Waals surface area (Å²) in [5.74, 6) is -0.577. The lowest BCUT2D eigenvalue weighted by Gasteiger charge is -2.22. The minimum Gasteiger partial charge on any atom is -0.469 e. The molecule has 0 spiro atoms. The lowest BCUT2D eigenvalue weighted by molar-refractivity contribution is -0.146. The van der Waals surface area contributed by atoms with E-state index >= 15 is 0 Å². The zero-order chi connectivity index (χ0) is 12.1. The molecule has 92 valence electrons. The van der Waals surface area contributed by atoms with E-state index in [1.165, 1.54) is 7.11 Å². The Morgan fingerprint density at radius 1 is 1.56 bits per heavy atom. The van der Waals surface area contributed by atoms with Crippen molar-refractivity contribution in [3.63, 3.8) is 0 Å². The van der Waals surface area contributed by atoms with Crippen LogP contribution >= 0.6 is 0 Å². The first-order valence-electron chi connectivity index (χ1n) is 5.46. The van der Waals surface area contributed by atoms with Crippen LogP contribution in [-0.4, -0.2) is 50.7 Å². The molecular weight excluding hydrogens is 210 g/mol. The first-order valence-corrected chi connectivity index (χ1v) is 5.46. The van der Waals surface area contributed by atoms with E-state index in [0.29, 0.717) is 19.8 Å². The van der Waals surface area contributed by atoms with Crippen molar-refractivity contribution in [2.45, 2.75) is 13.3 Å². The molecule has 1 aliphatic heterocycles. The number of carbonyl (C=O) groups excluding carboxylic acids is 2. The van der Waals surface area contributed by atoms with Crippen LogP contribution in [0.4, 0.5) is 0 Å². The van der Waals surface area contributed by atoms with E-state index < -0.39 is 0 Å². The maximum absolute atomic E-state index is 11.9. The fourth-order valence-corrected chi connectivity index (χ4v) is 1.82. The van der Waals surface area contributed by atoms with Crippen molar-refractivity contribution in [2.75, 3.05) is 33.9 Å². The van der Waals surface area contributed by atoms with Crippen LogP contribution in [0, 0.1) is 11.8 Å². The number of ether oxygens (including phenoxy) is 2. The maximum Gasteiger partial charge on any atom is 0.310 e. The summed E-state index contributed by atoms with van der Waals surface area (Å²) in [5, 5.41) is 0. The average molecular weight is 229 g/mol. The van der Waals surface area contributed by atoms with Gasteiger partial charge in [-0.15, -0.1) is 0 Å². The highest BCUT2D eigenvalue weighted by molar-refractivity contribution is 5.80. The normalized spacial score (nSPS) is 21.6. The second kappa shape index (κ2) is 5.84. The summed E-state index contributed by atoms with van der Waals surface area (Å²) in [5.41, 5.74) is 0. The number of hydrogen-bond donors (Lipinski definition) is 0. The zero-order valence-corrected chi connectivity index (χ0v) is 10.1. The molecule has 0 aliphatic carbocycles. The molecule has 0 aromatic carbocycles. The van der Waals surface area contributed by atoms with Crippen molar-refractivity contribution in [1.82, 2.24) is 4.90 Å². The highest BCUT2D eigenvalue weighted by Crippen LogP contribution is 2.15. The number of methoxy groups -OCH3 is 1. The molecule has 2 atom stereocenters. The largest absolute Gasteiger partial charge is 0.469 e. The lowest BCUT2D eigenvalue weighted by Crippen LogP contribution is -2.38. The van der Waals surface area contributed by atoms with Crippen molar-refractivity contribution in [3.8, 4) is 0 Å². The molecule has 5 nitrogen and oxygen atoms in total. The fraction of sp³-hybridized carbons (Fsp3) is 0.818. The van der Waals surface area contributed by atoms with Gasteiger partial charge in [-0.05, 0) is 6.42 Å². The van der Waals surface area contributed by atoms with E-state index in [0.717, 1.165) is 6.42 Å². The number of carbonyl (C=O) groups is 2. The third-order valence-electron chi connectivity index (χ3n) is 2.81. The van der Waals surface area contributed by atoms with E-state index in [-0.39, 0.29) is 23.7 Å². The average Bonchev–Trinajstić information content (AvgIpc) is 2.79. The molecule has 1 heterocycles. The molecule has 2 unspecified atom stereocenters. The van der Waals surface area contributed by atoms with Crippen molar-refractivity contribution in [1.29, 1.82) is 0 Å². The Morgan fingerprint density at radius 3 is 2.75 bits per heavy atom. The van der Waals surface area contributed by atoms with Crippen LogP contribution in [0.25, 0.3) is 0 Å². The van der Waals surface area contributed by atoms with Crippen LogP contribution in [0.1, 0.15) is 13.3 Å². The summed E-state index contributed by atoms with van der Waals surface area (Å²) < 4.78 is 9.78. The number of rotatable bonds is 4. The van der Waals surface area contributed by atoms with Crippen molar-refractivity contribution in [2.24, 2.45) is 11.8 Å². The van der Waals surface area contributed by atoms with Gasteiger partial charge in [0.2, 0.25) is 5.91 Å². The van der Waals surface area contributed by atoms with Crippen LogP contribution in [0.5, 0.6) is 0 Å². The number of nitrogens with zero attached hydrogens (tertiary/aromatic N) is 1. The lowest BCUT2D eigenvalue weighted by atomic mass is 10.1. The van der Waals surface area contributed by atoms with Gasteiger partial charge in [-0.3, -0.25) is 9.59 Å². The van der Waals surface area contributed by atoms with Gasteiger partial charge in [-0.25, -0.2) is 0 Å². The van der Waals surface area contributed by atoms with Gasteiger partial charge in [0.25, 0.3) is 0 Å². The van der Waals surface area contributed by atoms with E-state index in [1.54, 1.807) is 18.9 Å². The van der Waals surface area contributed by atoms with Crippen LogP contribution < -0.4 is 0 Å². The van der Waals surface area contributed by atoms with Crippen LogP contribution in [-0.2, 0) is 19.1 Å². The van der Waals surface area contributed by atoms with Crippen molar-refractivity contribution >= 4 is 11.9 Å². The Balaban J connectivity index is 2.41. The van der Waals surface area contributed by atoms with Gasteiger partial charge in [0.05, 0.1) is 25.6 Å². The topological polar surface area (TPSA) is 55.8 Å². The second-order valence-corrected chi connectivity index (χ2v) is 4.20. The number of amides is 1. The minimum absolute atomic E-state index is 0.0464. The van der Waals surface area contributed by atoms with E-state index in [1.807, 2.05) is 0 Å². The molecule has 1 aliphatic rings. The van der Waals surface area contributed by atoms with Gasteiger partial charge < -0.3 is 14.4 Å². The van der Waals surface area contributed by atoms with Gasteiger partial charge >= 0.3 is 5.97 Å². The molecule has 16 heavy (non-hydrogen) atoms. The molecule has 0 radical (unpaired) electrons. The quantitative estimate of drug-likeness (QED) is 0.650. The smallest absolute Gasteiger partial charge is 0.310 e. The molecule has 0 saturated carbocycles. The number of esters is 1. The van der Waals surface area contributed by atoms with E-state index in [9.17, 15) is 9.59 Å². The van der Waals surface area contributed by atoms with Gasteiger partial charge in [0, 0.05) is 20.2 Å². The Kier molecular flexibility index (Phi) is 4.73. The second-order valence-electron chi connectivity index (χ2n) is 4.20. The maximum atomic E-state index is 11.9. The number of hydrogen-bond acceptors (Lipinski definition) is 4. The monoisotopic (exact) mass is 229 g/mol. The molecule has 0 aromatic rings. The summed E-state index contributed by atoms with van der Waals surface area (Å²) in [7, 11) is 3.06. The highest BCUT2D eigenvalue weighted by atomic mass is 16.5. The highest BCUT2D eigenvalue weighted by Gasteiger charge is 2.28. The molecule has 0 aromatic heterocycles. The van der Waals surface area contributed by atoms with Crippen LogP contribution in [0.2, 0.25) is 0 Å². The van der Waals surface area contributed by atoms with Crippen LogP contribution in [0.15, 0.2) is 0 Å². The third-order valence-corrected chi connectivity index (χ3v) is 2.81. The first-order chi connectivity index (χ1) is 7.56. The Morgan fingerprint density at radius 2 is 2.25 bits per heavy atom. The molecule has 1 amide bonds. The molecule has 0 N–H and O–H groups in total.